The molecular weight excluding hydrogens is 470 g/mol. The molecule has 4 atom stereocenters. The maximum atomic E-state index is 13.7. The zero-order valence-corrected chi connectivity index (χ0v) is 21.4. The largest absolute Gasteiger partial charge is 0.369 e. The van der Waals surface area contributed by atoms with E-state index in [9.17, 15) is 23.2 Å². The molecule has 1 N–H and O–H groups in total. The highest BCUT2D eigenvalue weighted by molar-refractivity contribution is 5.99. The van der Waals surface area contributed by atoms with Crippen LogP contribution in [0.5, 0.6) is 0 Å². The van der Waals surface area contributed by atoms with Gasteiger partial charge in [0.2, 0.25) is 12.3 Å². The third-order valence-corrected chi connectivity index (χ3v) is 8.04. The van der Waals surface area contributed by atoms with E-state index < -0.39 is 47.8 Å². The van der Waals surface area contributed by atoms with Gasteiger partial charge in [-0.3, -0.25) is 14.4 Å². The number of piperazine rings is 1. The van der Waals surface area contributed by atoms with Gasteiger partial charge in [-0.1, -0.05) is 20.8 Å². The Morgan fingerprint density at radius 2 is 1.78 bits per heavy atom. The second kappa shape index (κ2) is 10.4. The van der Waals surface area contributed by atoms with Gasteiger partial charge in [0.1, 0.15) is 18.7 Å². The summed E-state index contributed by atoms with van der Waals surface area (Å²) >= 11 is 0. The number of benzene rings is 1. The predicted octanol–water partition coefficient (Wildman–Crippen LogP) is 2.03. The van der Waals surface area contributed by atoms with Gasteiger partial charge in [0, 0.05) is 44.0 Å². The zero-order valence-electron chi connectivity index (χ0n) is 21.4. The van der Waals surface area contributed by atoms with Crippen LogP contribution < -0.4 is 10.2 Å². The van der Waals surface area contributed by atoms with E-state index in [-0.39, 0.29) is 18.9 Å². The Morgan fingerprint density at radius 1 is 1.14 bits per heavy atom. The van der Waals surface area contributed by atoms with Crippen LogP contribution >= 0.6 is 0 Å². The van der Waals surface area contributed by atoms with Crippen molar-refractivity contribution in [3.8, 4) is 0 Å². The molecule has 10 heteroatoms. The van der Waals surface area contributed by atoms with Crippen LogP contribution in [0, 0.1) is 11.3 Å². The number of amides is 2. The summed E-state index contributed by atoms with van der Waals surface area (Å²) in [6, 6.07) is 5.24. The van der Waals surface area contributed by atoms with Crippen LogP contribution in [0.1, 0.15) is 37.6 Å². The molecule has 3 heterocycles. The fourth-order valence-corrected chi connectivity index (χ4v) is 5.21. The Kier molecular flexibility index (Phi) is 7.66. The van der Waals surface area contributed by atoms with Crippen LogP contribution in [0.25, 0.3) is 0 Å². The van der Waals surface area contributed by atoms with Gasteiger partial charge in [0.15, 0.2) is 5.78 Å². The first-order valence-corrected chi connectivity index (χ1v) is 12.6. The number of alkyl halides is 2. The average Bonchev–Trinajstić information content (AvgIpc) is 3.43. The number of rotatable bonds is 7. The van der Waals surface area contributed by atoms with Crippen molar-refractivity contribution in [2.75, 3.05) is 51.3 Å². The van der Waals surface area contributed by atoms with Gasteiger partial charge in [0.05, 0.1) is 12.0 Å². The number of Topliss-reactive ketones (excluding diaryl/α,β-unsaturated/α-hetero) is 1. The van der Waals surface area contributed by atoms with E-state index in [2.05, 4.69) is 22.2 Å². The number of hydrogen-bond acceptors (Lipinski definition) is 6. The van der Waals surface area contributed by atoms with Gasteiger partial charge in [0.25, 0.3) is 5.91 Å². The monoisotopic (exact) mass is 506 g/mol. The number of nitrogens with zero attached hydrogens (tertiary/aromatic N) is 3. The third kappa shape index (κ3) is 5.11. The summed E-state index contributed by atoms with van der Waals surface area (Å²) in [6.45, 7) is 8.78. The fourth-order valence-electron chi connectivity index (χ4n) is 5.21. The zero-order chi connectivity index (χ0) is 26.2. The summed E-state index contributed by atoms with van der Waals surface area (Å²) in [5.74, 6) is -2.56. The normalized spacial score (nSPS) is 25.9. The van der Waals surface area contributed by atoms with E-state index in [0.29, 0.717) is 12.0 Å². The minimum atomic E-state index is -2.72. The summed E-state index contributed by atoms with van der Waals surface area (Å²) in [4.78, 5) is 45.1. The molecule has 2 amide bonds. The molecule has 1 aromatic rings. The number of nitrogens with one attached hydrogen (secondary N) is 1. The minimum Gasteiger partial charge on any atom is -0.369 e. The molecule has 8 nitrogen and oxygen atoms in total. The summed E-state index contributed by atoms with van der Waals surface area (Å²) in [7, 11) is 2.09. The Bertz CT molecular complexity index is 979. The Morgan fingerprint density at radius 3 is 2.36 bits per heavy atom. The van der Waals surface area contributed by atoms with Crippen LogP contribution in [0.4, 0.5) is 14.5 Å². The fraction of sp³-hybridized carbons (Fsp3) is 0.654. The molecule has 3 fully saturated rings. The highest BCUT2D eigenvalue weighted by atomic mass is 19.3. The van der Waals surface area contributed by atoms with E-state index in [1.54, 1.807) is 12.1 Å². The number of halogens is 2. The topological polar surface area (TPSA) is 82.2 Å². The quantitative estimate of drug-likeness (QED) is 0.610. The number of ether oxygens (including phenoxy) is 1. The lowest BCUT2D eigenvalue weighted by molar-refractivity contribution is -0.140. The first-order valence-electron chi connectivity index (χ1n) is 12.6. The molecular formula is C26H36F2N4O4. The Balaban J connectivity index is 1.51. The van der Waals surface area contributed by atoms with Gasteiger partial charge in [-0.05, 0) is 43.1 Å². The Hall–Kier alpha value is -2.59. The third-order valence-electron chi connectivity index (χ3n) is 8.04. The summed E-state index contributed by atoms with van der Waals surface area (Å²) in [6.07, 6.45) is -3.17. The summed E-state index contributed by atoms with van der Waals surface area (Å²) in [5, 5.41) is 2.85. The van der Waals surface area contributed by atoms with Crippen LogP contribution in [0.3, 0.4) is 0 Å². The molecule has 3 aliphatic rings. The first kappa shape index (κ1) is 26.5. The lowest BCUT2D eigenvalue weighted by atomic mass is 9.80. The molecule has 1 aromatic carbocycles. The van der Waals surface area contributed by atoms with Gasteiger partial charge in [-0.25, -0.2) is 8.78 Å². The first-order chi connectivity index (χ1) is 17.0. The molecule has 0 bridgehead atoms. The molecule has 198 valence electrons. The van der Waals surface area contributed by atoms with Crippen LogP contribution in [-0.2, 0) is 14.3 Å². The van der Waals surface area contributed by atoms with E-state index >= 15 is 0 Å². The van der Waals surface area contributed by atoms with Crippen LogP contribution in [0.2, 0.25) is 0 Å². The highest BCUT2D eigenvalue weighted by Gasteiger charge is 2.56. The van der Waals surface area contributed by atoms with Crippen LogP contribution in [-0.4, -0.2) is 98.4 Å². The van der Waals surface area contributed by atoms with Crippen molar-refractivity contribution in [1.82, 2.24) is 15.1 Å². The van der Waals surface area contributed by atoms with E-state index in [0.717, 1.165) is 31.9 Å². The van der Waals surface area contributed by atoms with Crippen molar-refractivity contribution < 1.29 is 27.9 Å². The number of hydrogen-bond donors (Lipinski definition) is 1. The maximum Gasteiger partial charge on any atom is 0.251 e. The number of likely N-dealkylation sites (N-methyl/N-ethyl adjacent to an activating group) is 1. The second-order valence-corrected chi connectivity index (χ2v) is 10.8. The van der Waals surface area contributed by atoms with E-state index in [1.807, 2.05) is 32.9 Å². The standard InChI is InChI=1S/C26H36F2N4O4/c1-5-26(2,3)22(25(35)32-14-18(23(27)28)21-20(32)19(33)15-36-21)29-24(34)16-6-8-17(9-7-16)31-12-10-30(4)11-13-31/h6-9,18,20-23H,5,10-15H2,1-4H3,(H,29,34)/t18-,20-,21-,22?/m1/s1. The molecule has 0 radical (unpaired) electrons. The van der Waals surface area contributed by atoms with Crippen molar-refractivity contribution in [3.63, 3.8) is 0 Å². The molecule has 3 aliphatic heterocycles. The molecule has 0 saturated carbocycles. The van der Waals surface area contributed by atoms with Crippen molar-refractivity contribution in [3.05, 3.63) is 29.8 Å². The molecule has 1 unspecified atom stereocenters. The molecule has 4 rings (SSSR count). The molecule has 0 spiro atoms. The van der Waals surface area contributed by atoms with E-state index in [4.69, 9.17) is 4.74 Å². The number of ketones is 1. The number of fused-ring (bicyclic) bond motifs is 1. The number of carbonyl (C=O) groups excluding carboxylic acids is 3. The van der Waals surface area contributed by atoms with Gasteiger partial charge >= 0.3 is 0 Å². The van der Waals surface area contributed by atoms with Gasteiger partial charge in [-0.15, -0.1) is 0 Å². The highest BCUT2D eigenvalue weighted by Crippen LogP contribution is 2.37. The predicted molar refractivity (Wildman–Crippen MR) is 131 cm³/mol. The smallest absolute Gasteiger partial charge is 0.251 e. The summed E-state index contributed by atoms with van der Waals surface area (Å²) in [5.41, 5.74) is 0.762. The van der Waals surface area contributed by atoms with Crippen LogP contribution in [0.15, 0.2) is 24.3 Å². The molecule has 36 heavy (non-hydrogen) atoms. The number of likely N-dealkylation sites (tertiary alicyclic amines) is 1. The molecule has 3 saturated heterocycles. The lowest BCUT2D eigenvalue weighted by Crippen LogP contribution is -2.57. The average molecular weight is 507 g/mol. The van der Waals surface area contributed by atoms with Gasteiger partial charge < -0.3 is 24.8 Å². The maximum absolute atomic E-state index is 13.7. The summed E-state index contributed by atoms with van der Waals surface area (Å²) < 4.78 is 32.6. The van der Waals surface area contributed by atoms with Crippen molar-refractivity contribution in [1.29, 1.82) is 0 Å². The Labute approximate surface area is 210 Å². The second-order valence-electron chi connectivity index (χ2n) is 10.8. The number of anilines is 1. The molecule has 0 aromatic heterocycles. The molecule has 0 aliphatic carbocycles. The minimum absolute atomic E-state index is 0.274. The lowest BCUT2D eigenvalue weighted by Gasteiger charge is -2.37. The van der Waals surface area contributed by atoms with Crippen molar-refractivity contribution >= 4 is 23.3 Å². The van der Waals surface area contributed by atoms with E-state index in [1.165, 1.54) is 4.90 Å². The van der Waals surface area contributed by atoms with Crippen molar-refractivity contribution in [2.24, 2.45) is 11.3 Å². The van der Waals surface area contributed by atoms with Crippen molar-refractivity contribution in [2.45, 2.75) is 51.8 Å². The number of carbonyl (C=O) groups is 3. The van der Waals surface area contributed by atoms with Gasteiger partial charge in [-0.2, -0.15) is 0 Å². The SMILES string of the molecule is CCC(C)(C)C(NC(=O)c1ccc(N2CCN(C)CC2)cc1)C(=O)N1C[C@@H](C(F)F)[C@H]2OCC(=O)[C@H]21.